The fraction of sp³-hybridized carbons (Fsp3) is 0.348. The molecule has 4 rings (SSSR count). The van der Waals surface area contributed by atoms with E-state index in [9.17, 15) is 19.4 Å². The molecule has 164 valence electrons. The summed E-state index contributed by atoms with van der Waals surface area (Å²) < 4.78 is 19.4. The lowest BCUT2D eigenvalue weighted by Crippen LogP contribution is -2.56. The summed E-state index contributed by atoms with van der Waals surface area (Å²) in [4.78, 5) is 13.7. The van der Waals surface area contributed by atoms with Crippen LogP contribution in [0, 0.1) is 11.7 Å². The van der Waals surface area contributed by atoms with Gasteiger partial charge in [-0.25, -0.2) is 4.39 Å². The van der Waals surface area contributed by atoms with Crippen molar-refractivity contribution in [1.29, 1.82) is 0 Å². The van der Waals surface area contributed by atoms with Crippen LogP contribution >= 0.6 is 34.4 Å². The number of alkyl halides is 1. The van der Waals surface area contributed by atoms with Gasteiger partial charge in [0.15, 0.2) is 23.0 Å². The highest BCUT2D eigenvalue weighted by Gasteiger charge is 2.56. The van der Waals surface area contributed by atoms with Crippen LogP contribution in [-0.2, 0) is 14.9 Å². The molecule has 2 aromatic carbocycles. The van der Waals surface area contributed by atoms with Gasteiger partial charge >= 0.3 is 0 Å². The Labute approximate surface area is 198 Å². The van der Waals surface area contributed by atoms with E-state index < -0.39 is 5.41 Å². The standard InChI is InChI=1S/C23H23FINO4S/c1-26-20-15-9-18(30-2)17(28)10-23(15,11-25)19-14(7-8-16(27)21(19)29)22(20)31-13-5-3-12(24)4-6-13/h3-9,15,20,22,26-27,29H,10-11H2,1-2H3/t15-,20?,22-,23+/m1/s1. The Hall–Kier alpha value is -1.78. The number of nitrogens with one attached hydrogen (secondary N) is 1. The van der Waals surface area contributed by atoms with Crippen molar-refractivity contribution in [3.05, 3.63) is 65.2 Å². The molecule has 2 aromatic rings. The number of Topliss-reactive ketones (excluding diaryl/α,β-unsaturated/α-hetero) is 1. The number of benzene rings is 2. The summed E-state index contributed by atoms with van der Waals surface area (Å²) in [6.45, 7) is 0. The van der Waals surface area contributed by atoms with E-state index in [1.54, 1.807) is 23.9 Å². The number of thioether (sulfide) groups is 1. The number of allylic oxidation sites excluding steroid dienone is 1. The molecule has 0 aliphatic heterocycles. The molecular formula is C23H23FINO4S. The number of ketones is 1. The van der Waals surface area contributed by atoms with E-state index in [4.69, 9.17) is 4.74 Å². The van der Waals surface area contributed by atoms with Gasteiger partial charge in [-0.15, -0.1) is 11.8 Å². The average Bonchev–Trinajstić information content (AvgIpc) is 2.77. The Balaban J connectivity index is 1.95. The SMILES string of the molecule is CNC1[C@H](Sc2ccc(F)cc2)c2ccc(O)c(O)c2[C@]2(CI)CC(=O)C(OC)=C[C@H]12. The number of carbonyl (C=O) groups excluding carboxylic acids is 1. The molecule has 0 saturated carbocycles. The first-order valence-corrected chi connectivity index (χ1v) is 12.3. The van der Waals surface area contributed by atoms with Crippen LogP contribution in [0.4, 0.5) is 4.39 Å². The first kappa shape index (κ1) is 22.4. The third-order valence-electron chi connectivity index (χ3n) is 6.29. The summed E-state index contributed by atoms with van der Waals surface area (Å²) in [7, 11) is 3.36. The number of phenols is 2. The maximum absolute atomic E-state index is 13.4. The van der Waals surface area contributed by atoms with Crippen LogP contribution in [-0.4, -0.2) is 40.6 Å². The summed E-state index contributed by atoms with van der Waals surface area (Å²) in [5.41, 5.74) is 0.780. The van der Waals surface area contributed by atoms with E-state index in [1.807, 2.05) is 19.2 Å². The van der Waals surface area contributed by atoms with E-state index >= 15 is 0 Å². The highest BCUT2D eigenvalue weighted by atomic mass is 127. The fourth-order valence-corrected chi connectivity index (χ4v) is 7.38. The number of phenolic OH excluding ortho intramolecular Hbond substituents is 2. The maximum atomic E-state index is 13.4. The van der Waals surface area contributed by atoms with Gasteiger partial charge in [-0.05, 0) is 49.0 Å². The zero-order chi connectivity index (χ0) is 22.3. The number of aromatic hydroxyl groups is 2. The van der Waals surface area contributed by atoms with Gasteiger partial charge in [-0.3, -0.25) is 4.79 Å². The molecule has 2 aliphatic rings. The van der Waals surface area contributed by atoms with E-state index in [0.29, 0.717) is 15.8 Å². The first-order chi connectivity index (χ1) is 14.9. The minimum Gasteiger partial charge on any atom is -0.504 e. The smallest absolute Gasteiger partial charge is 0.197 e. The topological polar surface area (TPSA) is 78.8 Å². The number of halogens is 2. The van der Waals surface area contributed by atoms with E-state index in [0.717, 1.165) is 10.5 Å². The zero-order valence-electron chi connectivity index (χ0n) is 17.1. The van der Waals surface area contributed by atoms with Gasteiger partial charge in [0, 0.05) is 38.7 Å². The number of methoxy groups -OCH3 is 1. The Morgan fingerprint density at radius 3 is 2.58 bits per heavy atom. The molecule has 0 radical (unpaired) electrons. The van der Waals surface area contributed by atoms with Crippen LogP contribution in [0.2, 0.25) is 0 Å². The van der Waals surface area contributed by atoms with Gasteiger partial charge < -0.3 is 20.3 Å². The lowest BCUT2D eigenvalue weighted by Gasteiger charge is -2.52. The third-order valence-corrected chi connectivity index (χ3v) is 9.00. The number of carbonyl (C=O) groups is 1. The van der Waals surface area contributed by atoms with Crippen molar-refractivity contribution < 1.29 is 24.1 Å². The molecule has 0 amide bonds. The highest BCUT2D eigenvalue weighted by molar-refractivity contribution is 14.1. The molecule has 0 aromatic heterocycles. The molecule has 31 heavy (non-hydrogen) atoms. The molecule has 8 heteroatoms. The van der Waals surface area contributed by atoms with Crippen molar-refractivity contribution in [1.82, 2.24) is 5.32 Å². The second-order valence-electron chi connectivity index (χ2n) is 7.85. The molecular weight excluding hydrogens is 532 g/mol. The average molecular weight is 555 g/mol. The summed E-state index contributed by atoms with van der Waals surface area (Å²) in [6.07, 6.45) is 2.03. The van der Waals surface area contributed by atoms with Crippen LogP contribution in [0.5, 0.6) is 11.5 Å². The second-order valence-corrected chi connectivity index (χ2v) is 9.83. The molecule has 0 spiro atoms. The summed E-state index contributed by atoms with van der Waals surface area (Å²) in [5, 5.41) is 24.6. The van der Waals surface area contributed by atoms with Gasteiger partial charge in [0.2, 0.25) is 0 Å². The van der Waals surface area contributed by atoms with Crippen LogP contribution in [0.15, 0.2) is 53.1 Å². The van der Waals surface area contributed by atoms with Crippen molar-refractivity contribution in [2.75, 3.05) is 18.6 Å². The molecule has 0 fully saturated rings. The van der Waals surface area contributed by atoms with Crippen molar-refractivity contribution in [3.63, 3.8) is 0 Å². The second kappa shape index (κ2) is 8.63. The Morgan fingerprint density at radius 1 is 1.26 bits per heavy atom. The Morgan fingerprint density at radius 2 is 1.97 bits per heavy atom. The number of fused-ring (bicyclic) bond motifs is 3. The number of rotatable bonds is 5. The predicted octanol–water partition coefficient (Wildman–Crippen LogP) is 4.46. The summed E-state index contributed by atoms with van der Waals surface area (Å²) in [5.74, 6) is -0.656. The van der Waals surface area contributed by atoms with E-state index in [-0.39, 0.29) is 46.7 Å². The maximum Gasteiger partial charge on any atom is 0.197 e. The van der Waals surface area contributed by atoms with Crippen LogP contribution in [0.1, 0.15) is 22.8 Å². The monoisotopic (exact) mass is 555 g/mol. The summed E-state index contributed by atoms with van der Waals surface area (Å²) in [6, 6.07) is 9.51. The normalized spacial score (nSPS) is 27.3. The van der Waals surface area contributed by atoms with Crippen molar-refractivity contribution >= 4 is 40.1 Å². The largest absolute Gasteiger partial charge is 0.504 e. The lowest BCUT2D eigenvalue weighted by molar-refractivity contribution is -0.121. The molecule has 0 bridgehead atoms. The number of hydrogen-bond acceptors (Lipinski definition) is 6. The number of hydrogen-bond donors (Lipinski definition) is 3. The molecule has 4 atom stereocenters. The molecule has 3 N–H and O–H groups in total. The minimum absolute atomic E-state index is 0.0977. The van der Waals surface area contributed by atoms with Crippen molar-refractivity contribution in [2.45, 2.75) is 28.0 Å². The van der Waals surface area contributed by atoms with Crippen molar-refractivity contribution in [2.24, 2.45) is 5.92 Å². The number of ether oxygens (including phenoxy) is 1. The predicted molar refractivity (Wildman–Crippen MR) is 126 cm³/mol. The van der Waals surface area contributed by atoms with Gasteiger partial charge in [0.05, 0.1) is 12.4 Å². The van der Waals surface area contributed by atoms with E-state index in [1.165, 1.54) is 25.3 Å². The lowest BCUT2D eigenvalue weighted by atomic mass is 9.57. The summed E-state index contributed by atoms with van der Waals surface area (Å²) >= 11 is 3.81. The van der Waals surface area contributed by atoms with Crippen LogP contribution < -0.4 is 5.32 Å². The van der Waals surface area contributed by atoms with Gasteiger partial charge in [-0.1, -0.05) is 28.7 Å². The van der Waals surface area contributed by atoms with Gasteiger partial charge in [-0.2, -0.15) is 0 Å². The zero-order valence-corrected chi connectivity index (χ0v) is 20.0. The third kappa shape index (κ3) is 3.62. The minimum atomic E-state index is -0.689. The molecule has 0 heterocycles. The molecule has 5 nitrogen and oxygen atoms in total. The Kier molecular flexibility index (Phi) is 6.24. The van der Waals surface area contributed by atoms with Crippen molar-refractivity contribution in [3.8, 4) is 11.5 Å². The van der Waals surface area contributed by atoms with E-state index in [2.05, 4.69) is 27.9 Å². The molecule has 1 unspecified atom stereocenters. The molecule has 0 saturated heterocycles. The van der Waals surface area contributed by atoms with Crippen LogP contribution in [0.25, 0.3) is 0 Å². The highest BCUT2D eigenvalue weighted by Crippen LogP contribution is 2.59. The fourth-order valence-electron chi connectivity index (χ4n) is 4.86. The first-order valence-electron chi connectivity index (χ1n) is 9.86. The molecule has 2 aliphatic carbocycles. The van der Waals surface area contributed by atoms with Crippen LogP contribution in [0.3, 0.4) is 0 Å². The number of likely N-dealkylation sites (N-methyl/N-ethyl adjacent to an activating group) is 1. The van der Waals surface area contributed by atoms with Gasteiger partial charge in [0.1, 0.15) is 5.82 Å². The Bertz CT molecular complexity index is 1040. The van der Waals surface area contributed by atoms with Gasteiger partial charge in [0.25, 0.3) is 0 Å². The quantitative estimate of drug-likeness (QED) is 0.287.